The quantitative estimate of drug-likeness (QED) is 0.685. The van der Waals surface area contributed by atoms with Crippen LogP contribution in [0.5, 0.6) is 0 Å². The number of nitrogens with one attached hydrogen (secondary N) is 1. The minimum atomic E-state index is -3.60. The van der Waals surface area contributed by atoms with E-state index >= 15 is 0 Å². The van der Waals surface area contributed by atoms with E-state index < -0.39 is 15.7 Å². The average Bonchev–Trinajstić information content (AvgIpc) is 3.10. The van der Waals surface area contributed by atoms with Gasteiger partial charge in [-0.15, -0.1) is 5.10 Å². The van der Waals surface area contributed by atoms with E-state index in [0.29, 0.717) is 10.7 Å². The Morgan fingerprint density at radius 2 is 1.88 bits per heavy atom. The van der Waals surface area contributed by atoms with Crippen molar-refractivity contribution in [2.45, 2.75) is 11.3 Å². The number of hydrogen-bond acceptors (Lipinski definition) is 7. The van der Waals surface area contributed by atoms with Crippen LogP contribution in [-0.2, 0) is 14.6 Å². The Balaban J connectivity index is 1.59. The first kappa shape index (κ1) is 18.0. The Bertz CT molecular complexity index is 1000. The van der Waals surface area contributed by atoms with E-state index in [4.69, 9.17) is 16.0 Å². The number of halogens is 1. The van der Waals surface area contributed by atoms with Gasteiger partial charge in [-0.2, -0.15) is 0 Å². The highest BCUT2D eigenvalue weighted by Crippen LogP contribution is 2.18. The molecule has 0 bridgehead atoms. The van der Waals surface area contributed by atoms with E-state index in [1.807, 2.05) is 0 Å². The van der Waals surface area contributed by atoms with Crippen molar-refractivity contribution in [1.29, 1.82) is 0 Å². The molecule has 3 aromatic rings. The third kappa shape index (κ3) is 4.44. The van der Waals surface area contributed by atoms with Crippen molar-refractivity contribution in [3.8, 4) is 11.6 Å². The molecule has 8 nitrogen and oxygen atoms in total. The molecule has 0 fully saturated rings. The zero-order valence-electron chi connectivity index (χ0n) is 13.3. The molecule has 1 N–H and O–H groups in total. The molecule has 0 saturated heterocycles. The topological polar surface area (TPSA) is 115 Å². The molecule has 0 spiro atoms. The molecule has 0 atom stereocenters. The number of anilines is 1. The second-order valence-corrected chi connectivity index (χ2v) is 7.74. The SMILES string of the molecule is O=C(CCS(=O)(=O)c1ccc(Cl)cc1)Nc1nnc(-c2ccccn2)o1. The molecule has 2 heterocycles. The third-order valence-electron chi connectivity index (χ3n) is 3.33. The molecule has 2 aromatic heterocycles. The molecule has 0 saturated carbocycles. The van der Waals surface area contributed by atoms with Gasteiger partial charge in [0.1, 0.15) is 5.69 Å². The second-order valence-electron chi connectivity index (χ2n) is 5.20. The standard InChI is InChI=1S/C16H13ClN4O4S/c17-11-4-6-12(7-5-11)26(23,24)10-8-14(22)19-16-21-20-15(25-16)13-3-1-2-9-18-13/h1-7,9H,8,10H2,(H,19,21,22). The van der Waals surface area contributed by atoms with Gasteiger partial charge in [-0.25, -0.2) is 8.42 Å². The van der Waals surface area contributed by atoms with Gasteiger partial charge in [-0.1, -0.05) is 22.8 Å². The van der Waals surface area contributed by atoms with Crippen molar-refractivity contribution in [2.24, 2.45) is 0 Å². The predicted octanol–water partition coefficient (Wildman–Crippen LogP) is 2.59. The molecule has 0 unspecified atom stereocenters. The molecule has 1 aromatic carbocycles. The van der Waals surface area contributed by atoms with Gasteiger partial charge in [-0.05, 0) is 36.4 Å². The summed E-state index contributed by atoms with van der Waals surface area (Å²) in [6, 6.07) is 10.8. The number of carbonyl (C=O) groups excluding carboxylic acids is 1. The fraction of sp³-hybridized carbons (Fsp3) is 0.125. The summed E-state index contributed by atoms with van der Waals surface area (Å²) in [5.74, 6) is -0.768. The first-order chi connectivity index (χ1) is 12.4. The average molecular weight is 393 g/mol. The van der Waals surface area contributed by atoms with E-state index in [0.717, 1.165) is 0 Å². The molecular formula is C16H13ClN4O4S. The normalized spacial score (nSPS) is 11.3. The molecule has 26 heavy (non-hydrogen) atoms. The van der Waals surface area contributed by atoms with Crippen molar-refractivity contribution in [3.05, 3.63) is 53.7 Å². The number of aromatic nitrogens is 3. The molecule has 1 amide bonds. The van der Waals surface area contributed by atoms with Crippen molar-refractivity contribution in [1.82, 2.24) is 15.2 Å². The maximum Gasteiger partial charge on any atom is 0.322 e. The minimum Gasteiger partial charge on any atom is -0.401 e. The lowest BCUT2D eigenvalue weighted by Crippen LogP contribution is -2.17. The smallest absolute Gasteiger partial charge is 0.322 e. The van der Waals surface area contributed by atoms with Crippen molar-refractivity contribution in [2.75, 3.05) is 11.1 Å². The summed E-state index contributed by atoms with van der Waals surface area (Å²) >= 11 is 5.74. The van der Waals surface area contributed by atoms with Gasteiger partial charge in [-0.3, -0.25) is 15.1 Å². The zero-order chi connectivity index (χ0) is 18.6. The van der Waals surface area contributed by atoms with Gasteiger partial charge < -0.3 is 4.42 Å². The minimum absolute atomic E-state index is 0.102. The van der Waals surface area contributed by atoms with Crippen molar-refractivity contribution < 1.29 is 17.6 Å². The highest BCUT2D eigenvalue weighted by Gasteiger charge is 2.18. The summed E-state index contributed by atoms with van der Waals surface area (Å²) in [6.45, 7) is 0. The lowest BCUT2D eigenvalue weighted by molar-refractivity contribution is -0.115. The van der Waals surface area contributed by atoms with Gasteiger partial charge >= 0.3 is 6.01 Å². The number of hydrogen-bond donors (Lipinski definition) is 1. The summed E-state index contributed by atoms with van der Waals surface area (Å²) in [5.41, 5.74) is 0.464. The van der Waals surface area contributed by atoms with E-state index in [1.54, 1.807) is 24.4 Å². The maximum atomic E-state index is 12.2. The molecule has 0 aliphatic heterocycles. The van der Waals surface area contributed by atoms with E-state index in [2.05, 4.69) is 20.5 Å². The zero-order valence-corrected chi connectivity index (χ0v) is 14.9. The van der Waals surface area contributed by atoms with Gasteiger partial charge in [0.2, 0.25) is 5.91 Å². The van der Waals surface area contributed by atoms with Crippen molar-refractivity contribution >= 4 is 33.4 Å². The molecular weight excluding hydrogens is 380 g/mol. The summed E-state index contributed by atoms with van der Waals surface area (Å²) in [6.07, 6.45) is 1.31. The molecule has 0 aliphatic rings. The van der Waals surface area contributed by atoms with Crippen LogP contribution in [0, 0.1) is 0 Å². The summed E-state index contributed by atoms with van der Waals surface area (Å²) in [7, 11) is -3.60. The number of rotatable bonds is 6. The number of carbonyl (C=O) groups is 1. The number of nitrogens with zero attached hydrogens (tertiary/aromatic N) is 3. The molecule has 10 heteroatoms. The Morgan fingerprint density at radius 1 is 1.12 bits per heavy atom. The van der Waals surface area contributed by atoms with Crippen LogP contribution in [0.25, 0.3) is 11.6 Å². The number of benzene rings is 1. The van der Waals surface area contributed by atoms with Gasteiger partial charge in [0.25, 0.3) is 5.89 Å². The predicted molar refractivity (Wildman–Crippen MR) is 94.3 cm³/mol. The van der Waals surface area contributed by atoms with Crippen LogP contribution in [0.15, 0.2) is 58.0 Å². The number of sulfone groups is 1. The highest BCUT2D eigenvalue weighted by atomic mass is 35.5. The first-order valence-electron chi connectivity index (χ1n) is 7.47. The second kappa shape index (κ2) is 7.63. The molecule has 0 aliphatic carbocycles. The van der Waals surface area contributed by atoms with Crippen LogP contribution in [0.2, 0.25) is 5.02 Å². The Labute approximate surface area is 154 Å². The Hall–Kier alpha value is -2.78. The lowest BCUT2D eigenvalue weighted by Gasteiger charge is -2.04. The lowest BCUT2D eigenvalue weighted by atomic mass is 10.3. The highest BCUT2D eigenvalue weighted by molar-refractivity contribution is 7.91. The summed E-state index contributed by atoms with van der Waals surface area (Å²) in [5, 5.41) is 10.3. The van der Waals surface area contributed by atoms with Crippen LogP contribution in [0.4, 0.5) is 6.01 Å². The van der Waals surface area contributed by atoms with Gasteiger partial charge in [0.05, 0.1) is 10.6 Å². The van der Waals surface area contributed by atoms with E-state index in [-0.39, 0.29) is 29.0 Å². The van der Waals surface area contributed by atoms with Crippen LogP contribution in [0.1, 0.15) is 6.42 Å². The fourth-order valence-electron chi connectivity index (χ4n) is 2.04. The monoisotopic (exact) mass is 392 g/mol. The fourth-order valence-corrected chi connectivity index (χ4v) is 3.40. The van der Waals surface area contributed by atoms with Crippen LogP contribution >= 0.6 is 11.6 Å². The Kier molecular flexibility index (Phi) is 5.29. The van der Waals surface area contributed by atoms with Crippen LogP contribution in [-0.4, -0.2) is 35.3 Å². The van der Waals surface area contributed by atoms with Gasteiger partial charge in [0.15, 0.2) is 9.84 Å². The maximum absolute atomic E-state index is 12.2. The summed E-state index contributed by atoms with van der Waals surface area (Å²) in [4.78, 5) is 16.1. The van der Waals surface area contributed by atoms with Crippen molar-refractivity contribution in [3.63, 3.8) is 0 Å². The third-order valence-corrected chi connectivity index (χ3v) is 5.31. The molecule has 0 radical (unpaired) electrons. The summed E-state index contributed by atoms with van der Waals surface area (Å²) < 4.78 is 29.7. The number of pyridine rings is 1. The molecule has 134 valence electrons. The van der Waals surface area contributed by atoms with E-state index in [9.17, 15) is 13.2 Å². The van der Waals surface area contributed by atoms with E-state index in [1.165, 1.54) is 24.3 Å². The van der Waals surface area contributed by atoms with Crippen LogP contribution in [0.3, 0.4) is 0 Å². The Morgan fingerprint density at radius 3 is 2.58 bits per heavy atom. The number of amides is 1. The largest absolute Gasteiger partial charge is 0.401 e. The first-order valence-corrected chi connectivity index (χ1v) is 9.50. The molecule has 3 rings (SSSR count). The van der Waals surface area contributed by atoms with Crippen LogP contribution < -0.4 is 5.32 Å². The van der Waals surface area contributed by atoms with Gasteiger partial charge in [0, 0.05) is 17.6 Å².